The maximum absolute atomic E-state index is 11.6. The van der Waals surface area contributed by atoms with E-state index in [1.165, 1.54) is 0 Å². The third kappa shape index (κ3) is 4.73. The number of hydrogen-bond acceptors (Lipinski definition) is 3. The van der Waals surface area contributed by atoms with Crippen molar-refractivity contribution in [1.29, 1.82) is 0 Å². The lowest BCUT2D eigenvalue weighted by molar-refractivity contribution is 0.104. The summed E-state index contributed by atoms with van der Waals surface area (Å²) in [5.74, 6) is 0.0126. The number of ketones is 1. The molecule has 0 aliphatic heterocycles. The van der Waals surface area contributed by atoms with Gasteiger partial charge in [0, 0.05) is 44.3 Å². The normalized spacial score (nSPS) is 9.56. The molecule has 0 unspecified atom stereocenters. The van der Waals surface area contributed by atoms with Crippen LogP contribution in [0.2, 0.25) is 0 Å². The lowest BCUT2D eigenvalue weighted by Crippen LogP contribution is -2.04. The zero-order valence-corrected chi connectivity index (χ0v) is 10.7. The molecular weight excluding hydrogens is 200 g/mol. The number of hydrogen-bond donors (Lipinski definition) is 0. The highest BCUT2D eigenvalue weighted by molar-refractivity contribution is 6.05. The number of aryl methyl sites for hydroxylation is 1. The van der Waals surface area contributed by atoms with Gasteiger partial charge in [-0.05, 0) is 18.6 Å². The van der Waals surface area contributed by atoms with Gasteiger partial charge in [0.15, 0.2) is 5.78 Å². The van der Waals surface area contributed by atoms with Crippen LogP contribution in [0.1, 0.15) is 29.8 Å². The molecule has 0 fully saturated rings. The number of rotatable bonds is 3. The average Bonchev–Trinajstić information content (AvgIpc) is 2.29. The highest BCUT2D eigenvalue weighted by Gasteiger charge is 2.04. The van der Waals surface area contributed by atoms with Gasteiger partial charge < -0.3 is 4.90 Å². The number of carbonyl (C=O) groups is 1. The Morgan fingerprint density at radius 2 is 2.00 bits per heavy atom. The monoisotopic (exact) mass is 220 g/mol. The summed E-state index contributed by atoms with van der Waals surface area (Å²) in [6.07, 6.45) is 6.62. The Labute approximate surface area is 97.8 Å². The molecule has 0 radical (unpaired) electrons. The fourth-order valence-electron chi connectivity index (χ4n) is 1.06. The van der Waals surface area contributed by atoms with E-state index in [0.29, 0.717) is 5.56 Å². The minimum Gasteiger partial charge on any atom is -0.383 e. The third-order valence-corrected chi connectivity index (χ3v) is 1.81. The number of allylic oxidation sites excluding steroid dienone is 1. The van der Waals surface area contributed by atoms with E-state index in [1.54, 1.807) is 30.7 Å². The van der Waals surface area contributed by atoms with Crippen molar-refractivity contribution in [3.63, 3.8) is 0 Å². The first-order valence-corrected chi connectivity index (χ1v) is 5.41. The summed E-state index contributed by atoms with van der Waals surface area (Å²) >= 11 is 0. The molecule has 3 nitrogen and oxygen atoms in total. The minimum absolute atomic E-state index is 0.0126. The molecule has 0 N–H and O–H groups in total. The van der Waals surface area contributed by atoms with Crippen molar-refractivity contribution in [2.24, 2.45) is 0 Å². The molecule has 1 aromatic heterocycles. The third-order valence-electron chi connectivity index (χ3n) is 1.81. The topological polar surface area (TPSA) is 33.2 Å². The van der Waals surface area contributed by atoms with Gasteiger partial charge in [0.2, 0.25) is 0 Å². The number of aromatic nitrogens is 1. The van der Waals surface area contributed by atoms with Crippen molar-refractivity contribution in [2.45, 2.75) is 20.8 Å². The summed E-state index contributed by atoms with van der Waals surface area (Å²) < 4.78 is 0. The largest absolute Gasteiger partial charge is 0.383 e. The van der Waals surface area contributed by atoms with E-state index < -0.39 is 0 Å². The second-order valence-electron chi connectivity index (χ2n) is 3.33. The number of pyridine rings is 1. The smallest absolute Gasteiger partial charge is 0.187 e. The van der Waals surface area contributed by atoms with E-state index in [4.69, 9.17) is 0 Å². The Balaban J connectivity index is 0.00000106. The van der Waals surface area contributed by atoms with Gasteiger partial charge in [-0.3, -0.25) is 9.78 Å². The zero-order chi connectivity index (χ0) is 12.6. The molecule has 0 bridgehead atoms. The van der Waals surface area contributed by atoms with Crippen LogP contribution < -0.4 is 0 Å². The van der Waals surface area contributed by atoms with Crippen LogP contribution in [0, 0.1) is 6.92 Å². The standard InChI is InChI=1S/C11H14N2O.C2H6/c1-9-8-12-6-4-10(9)11(14)5-7-13(2)3;1-2/h4-8H,1-3H3;1-2H3/b7-5+;. The lowest BCUT2D eigenvalue weighted by atomic mass is 10.1. The van der Waals surface area contributed by atoms with Crippen molar-refractivity contribution in [1.82, 2.24) is 9.88 Å². The summed E-state index contributed by atoms with van der Waals surface area (Å²) in [6.45, 7) is 5.88. The van der Waals surface area contributed by atoms with Crippen LogP contribution in [0.15, 0.2) is 30.7 Å². The predicted molar refractivity (Wildman–Crippen MR) is 67.5 cm³/mol. The van der Waals surface area contributed by atoms with Crippen molar-refractivity contribution >= 4 is 5.78 Å². The Morgan fingerprint density at radius 3 is 2.50 bits per heavy atom. The first kappa shape index (κ1) is 14.4. The van der Waals surface area contributed by atoms with Gasteiger partial charge in [-0.1, -0.05) is 13.8 Å². The number of nitrogens with zero attached hydrogens (tertiary/aromatic N) is 2. The summed E-state index contributed by atoms with van der Waals surface area (Å²) in [7, 11) is 3.76. The Hall–Kier alpha value is -1.64. The van der Waals surface area contributed by atoms with E-state index in [9.17, 15) is 4.79 Å². The minimum atomic E-state index is 0.0126. The van der Waals surface area contributed by atoms with Crippen molar-refractivity contribution in [2.75, 3.05) is 14.1 Å². The van der Waals surface area contributed by atoms with Gasteiger partial charge in [-0.2, -0.15) is 0 Å². The van der Waals surface area contributed by atoms with E-state index in [1.807, 2.05) is 39.8 Å². The van der Waals surface area contributed by atoms with Gasteiger partial charge >= 0.3 is 0 Å². The quantitative estimate of drug-likeness (QED) is 0.580. The van der Waals surface area contributed by atoms with Crippen LogP contribution in [0.5, 0.6) is 0 Å². The highest BCUT2D eigenvalue weighted by Crippen LogP contribution is 2.06. The molecule has 0 aliphatic rings. The van der Waals surface area contributed by atoms with Gasteiger partial charge in [-0.15, -0.1) is 0 Å². The second kappa shape index (κ2) is 7.63. The molecule has 88 valence electrons. The van der Waals surface area contributed by atoms with Gasteiger partial charge in [-0.25, -0.2) is 0 Å². The van der Waals surface area contributed by atoms with Crippen LogP contribution in [0.3, 0.4) is 0 Å². The molecule has 16 heavy (non-hydrogen) atoms. The fourth-order valence-corrected chi connectivity index (χ4v) is 1.06. The van der Waals surface area contributed by atoms with Crippen molar-refractivity contribution in [3.05, 3.63) is 41.9 Å². The summed E-state index contributed by atoms with van der Waals surface area (Å²) in [6, 6.07) is 1.73. The Kier molecular flexibility index (Phi) is 6.84. The zero-order valence-electron chi connectivity index (χ0n) is 10.7. The first-order chi connectivity index (χ1) is 7.61. The maximum Gasteiger partial charge on any atom is 0.187 e. The van der Waals surface area contributed by atoms with E-state index in [2.05, 4.69) is 4.98 Å². The highest BCUT2D eigenvalue weighted by atomic mass is 16.1. The van der Waals surface area contributed by atoms with E-state index in [-0.39, 0.29) is 5.78 Å². The van der Waals surface area contributed by atoms with Crippen molar-refractivity contribution < 1.29 is 4.79 Å². The first-order valence-electron chi connectivity index (χ1n) is 5.41. The van der Waals surface area contributed by atoms with Crippen LogP contribution >= 0.6 is 0 Å². The molecular formula is C13H20N2O. The van der Waals surface area contributed by atoms with Crippen molar-refractivity contribution in [3.8, 4) is 0 Å². The molecule has 1 rings (SSSR count). The molecule has 3 heteroatoms. The van der Waals surface area contributed by atoms with E-state index in [0.717, 1.165) is 5.56 Å². The van der Waals surface area contributed by atoms with Gasteiger partial charge in [0.25, 0.3) is 0 Å². The predicted octanol–water partition coefficient (Wildman–Crippen LogP) is 2.67. The van der Waals surface area contributed by atoms with Crippen LogP contribution in [-0.4, -0.2) is 29.8 Å². The fraction of sp³-hybridized carbons (Fsp3) is 0.385. The maximum atomic E-state index is 11.6. The van der Waals surface area contributed by atoms with Crippen LogP contribution in [-0.2, 0) is 0 Å². The molecule has 0 aromatic carbocycles. The molecule has 1 aromatic rings. The number of carbonyl (C=O) groups excluding carboxylic acids is 1. The van der Waals surface area contributed by atoms with E-state index >= 15 is 0 Å². The van der Waals surface area contributed by atoms with Gasteiger partial charge in [0.05, 0.1) is 0 Å². The molecule has 0 atom stereocenters. The average molecular weight is 220 g/mol. The summed E-state index contributed by atoms with van der Waals surface area (Å²) in [4.78, 5) is 17.4. The molecule has 0 aliphatic carbocycles. The Morgan fingerprint density at radius 1 is 1.38 bits per heavy atom. The Bertz CT molecular complexity index is 357. The summed E-state index contributed by atoms with van der Waals surface area (Å²) in [5, 5.41) is 0. The molecule has 0 spiro atoms. The molecule has 0 saturated heterocycles. The molecule has 0 saturated carbocycles. The van der Waals surface area contributed by atoms with Crippen LogP contribution in [0.25, 0.3) is 0 Å². The van der Waals surface area contributed by atoms with Crippen LogP contribution in [0.4, 0.5) is 0 Å². The second-order valence-corrected chi connectivity index (χ2v) is 3.33. The molecule has 1 heterocycles. The lowest BCUT2D eigenvalue weighted by Gasteiger charge is -2.03. The van der Waals surface area contributed by atoms with Gasteiger partial charge in [0.1, 0.15) is 0 Å². The summed E-state index contributed by atoms with van der Waals surface area (Å²) in [5.41, 5.74) is 1.61. The SMILES string of the molecule is CC.Cc1cnccc1C(=O)/C=C/N(C)C. The molecule has 0 amide bonds.